The normalized spacial score (nSPS) is 43.0. The fraction of sp³-hybridized carbons (Fsp3) is 0.895. The van der Waals surface area contributed by atoms with Crippen molar-refractivity contribution < 1.29 is 206 Å². The van der Waals surface area contributed by atoms with Gasteiger partial charge in [0.15, 0.2) is 55.9 Å². The maximum absolute atomic E-state index is 12.9. The van der Waals surface area contributed by atoms with E-state index in [9.17, 15) is 133 Å². The minimum atomic E-state index is -5.88. The monoisotopic (exact) mass is 1380 g/mol. The first-order chi connectivity index (χ1) is 40.6. The van der Waals surface area contributed by atoms with Gasteiger partial charge in [-0.25, -0.2) is 31.1 Å². The molecular weight excluding hydrogens is 1320 g/mol. The number of aliphatic hydroxyl groups excluding tert-OH is 10. The first-order valence-corrected chi connectivity index (χ1v) is 30.1. The smallest absolute Gasteiger partial charge is 0.397 e. The first-order valence-electron chi connectivity index (χ1n) is 24.7. The molecule has 0 aromatic carbocycles. The molecule has 6 saturated heterocycles. The Hall–Kier alpha value is -3.52. The van der Waals surface area contributed by atoms with Gasteiger partial charge in [-0.2, -0.15) is 33.7 Å². The SMILES string of the molecule is CC(=O)N[C@H]1[C@@H](O[C@H]2[C@H](O)[C@@H](O)[C@H](O[C@H]3[C@H](OS(=O)(=O)O)[C@@H](N)[C@@H](O[C@H]4[C@H](O)[C@@H](OS(=O)(=O)O)[C@H](O[C@H]5[C@H](O)[C@@H](CO)O[C@@H]5COS(=O)(=O)O)O[C@H]4C(=O)O)O[C@@H]3CO)O[C@@H]2C(=O)O)O[C@H](COS(=O)(=O)O)[C@@H](O[C@@H]2O[C@@H](C(=O)O)[C@@H](O)[C@H](O)[C@H]2O)[C@@H]1O. The number of aliphatic carboxylic acids is 3. The molecule has 0 bridgehead atoms. The van der Waals surface area contributed by atoms with E-state index < -0.39 is 270 Å². The molecule has 20 N–H and O–H groups in total. The third-order valence-electron chi connectivity index (χ3n) is 13.6. The van der Waals surface area contributed by atoms with Crippen molar-refractivity contribution in [2.24, 2.45) is 5.73 Å². The topological polar surface area (TPSA) is 725 Å². The van der Waals surface area contributed by atoms with Gasteiger partial charge in [0.1, 0.15) is 116 Å². The molecule has 1 amide bonds. The summed E-state index contributed by atoms with van der Waals surface area (Å²) in [5.41, 5.74) is 6.22. The second-order valence-electron chi connectivity index (χ2n) is 19.6. The Bertz CT molecular complexity index is 2890. The van der Waals surface area contributed by atoms with Crippen LogP contribution in [0.2, 0.25) is 0 Å². The quantitative estimate of drug-likeness (QED) is 0.0358. The van der Waals surface area contributed by atoms with E-state index in [-0.39, 0.29) is 0 Å². The fourth-order valence-corrected chi connectivity index (χ4v) is 11.3. The second kappa shape index (κ2) is 29.2. The average Bonchev–Trinajstić information content (AvgIpc) is 1.20. The van der Waals surface area contributed by atoms with Crippen LogP contribution in [-0.4, -0.2) is 346 Å². The molecule has 29 atom stereocenters. The van der Waals surface area contributed by atoms with Crippen LogP contribution in [0.15, 0.2) is 0 Å². The zero-order chi connectivity index (χ0) is 66.2. The first kappa shape index (κ1) is 73.5. The van der Waals surface area contributed by atoms with Gasteiger partial charge in [0.2, 0.25) is 5.91 Å². The molecule has 0 spiro atoms. The van der Waals surface area contributed by atoms with Crippen LogP contribution in [-0.2, 0) is 130 Å². The van der Waals surface area contributed by atoms with E-state index >= 15 is 0 Å². The lowest BCUT2D eigenvalue weighted by molar-refractivity contribution is -0.374. The summed E-state index contributed by atoms with van der Waals surface area (Å²) in [7, 11) is -22.5. The number of rotatable bonds is 26. The van der Waals surface area contributed by atoms with E-state index in [0.717, 1.165) is 6.92 Å². The van der Waals surface area contributed by atoms with Crippen molar-refractivity contribution in [2.75, 3.05) is 26.4 Å². The Balaban J connectivity index is 1.26. The summed E-state index contributed by atoms with van der Waals surface area (Å²) in [5.74, 6) is -7.42. The number of nitrogens with two attached hydrogens (primary N) is 1. The number of carbonyl (C=O) groups excluding carboxylic acids is 1. The third kappa shape index (κ3) is 18.0. The molecule has 6 heterocycles. The number of aliphatic hydroxyl groups is 10. The molecule has 46 nitrogen and oxygen atoms in total. The average molecular weight is 1380 g/mol. The lowest BCUT2D eigenvalue weighted by Gasteiger charge is -2.50. The van der Waals surface area contributed by atoms with Crippen LogP contribution in [0.4, 0.5) is 0 Å². The zero-order valence-electron chi connectivity index (χ0n) is 43.9. The van der Waals surface area contributed by atoms with Gasteiger partial charge in [0, 0.05) is 6.92 Å². The largest absolute Gasteiger partial charge is 0.479 e. The standard InChI is InChI=1S/C38H60N2O44S4/c1-6(43)40-12-14(45)22(75-36-18(49)15(46)16(47)27(80-36)31(52)53)10(5-71-86(61,62)63)74-35(12)79-25-17(48)19(50)37(81-29(25)32(54)55)77-23-8(3-42)73-34(11(39)24(23)83-87(64,65)66)78-26-20(51)28(84-88(67,68)69)38(82-30(26)33(56)57)76-21-9(4-70-85(58,59)60)72-7(2-41)13(21)44/h7-30,34-38,41-42,44-51H,2-5,39H2,1H3,(H,40,43)(H,52,53)(H,54,55)(H,56,57)(H,58,59,60)(H,61,62,63)(H,64,65,66)(H,67,68,69)/t7-,8-,9-,10-,11-,12-,13-,14-,15+,16+,17-,18-,19-,20+,21-,22-,23-,24-,25+,26+,27-,28-,29+,30-,34-,35-,36-,37-,38-/m1/s1. The number of hydrogen-bond donors (Lipinski definition) is 19. The lowest BCUT2D eigenvalue weighted by atomic mass is 9.94. The molecule has 6 fully saturated rings. The van der Waals surface area contributed by atoms with E-state index in [2.05, 4.69) is 22.0 Å². The van der Waals surface area contributed by atoms with Gasteiger partial charge >= 0.3 is 59.5 Å². The molecular formula is C38H60N2O44S4. The summed E-state index contributed by atoms with van der Waals surface area (Å²) >= 11 is 0. The highest BCUT2D eigenvalue weighted by Gasteiger charge is 2.61. The summed E-state index contributed by atoms with van der Waals surface area (Å²) in [6.07, 6.45) is -66.1. The van der Waals surface area contributed by atoms with Crippen LogP contribution in [0.1, 0.15) is 6.92 Å². The Morgan fingerprint density at radius 3 is 1.31 bits per heavy atom. The number of hydrogen-bond acceptors (Lipinski definition) is 38. The molecule has 0 aromatic heterocycles. The molecule has 0 saturated carbocycles. The molecule has 0 unspecified atom stereocenters. The van der Waals surface area contributed by atoms with Crippen molar-refractivity contribution in [3.63, 3.8) is 0 Å². The molecule has 50 heteroatoms. The number of nitrogens with one attached hydrogen (secondary N) is 1. The van der Waals surface area contributed by atoms with Gasteiger partial charge in [-0.05, 0) is 0 Å². The molecule has 0 radical (unpaired) electrons. The van der Waals surface area contributed by atoms with Crippen molar-refractivity contribution in [2.45, 2.75) is 185 Å². The molecule has 510 valence electrons. The Morgan fingerprint density at radius 2 is 0.818 bits per heavy atom. The highest BCUT2D eigenvalue weighted by Crippen LogP contribution is 2.39. The van der Waals surface area contributed by atoms with E-state index in [1.807, 2.05) is 0 Å². The fourth-order valence-electron chi connectivity index (χ4n) is 9.69. The van der Waals surface area contributed by atoms with Crippen LogP contribution in [0.25, 0.3) is 0 Å². The predicted molar refractivity (Wildman–Crippen MR) is 255 cm³/mol. The molecule has 0 aliphatic carbocycles. The van der Waals surface area contributed by atoms with Crippen molar-refractivity contribution in [1.29, 1.82) is 0 Å². The van der Waals surface area contributed by atoms with Crippen LogP contribution >= 0.6 is 0 Å². The van der Waals surface area contributed by atoms with Gasteiger partial charge in [0.25, 0.3) is 0 Å². The minimum absolute atomic E-state index is 0.795. The highest BCUT2D eigenvalue weighted by molar-refractivity contribution is 7.81. The van der Waals surface area contributed by atoms with Crippen LogP contribution in [0.3, 0.4) is 0 Å². The van der Waals surface area contributed by atoms with Crippen LogP contribution < -0.4 is 11.1 Å². The zero-order valence-corrected chi connectivity index (χ0v) is 47.2. The van der Waals surface area contributed by atoms with Crippen LogP contribution in [0, 0.1) is 0 Å². The van der Waals surface area contributed by atoms with Gasteiger partial charge in [-0.15, -0.1) is 0 Å². The molecule has 6 aliphatic rings. The lowest BCUT2D eigenvalue weighted by Crippen LogP contribution is -2.70. The number of carboxylic acid groups (broad SMARTS) is 3. The van der Waals surface area contributed by atoms with Gasteiger partial charge in [-0.1, -0.05) is 0 Å². The van der Waals surface area contributed by atoms with Crippen molar-refractivity contribution in [3.8, 4) is 0 Å². The molecule has 88 heavy (non-hydrogen) atoms. The molecule has 6 rings (SSSR count). The predicted octanol–water partition coefficient (Wildman–Crippen LogP) is -13.7. The number of amides is 1. The minimum Gasteiger partial charge on any atom is -0.479 e. The van der Waals surface area contributed by atoms with Crippen molar-refractivity contribution >= 4 is 65.4 Å². The van der Waals surface area contributed by atoms with Crippen molar-refractivity contribution in [1.82, 2.24) is 5.32 Å². The van der Waals surface area contributed by atoms with E-state index in [1.54, 1.807) is 0 Å². The van der Waals surface area contributed by atoms with Gasteiger partial charge in [0.05, 0.1) is 32.5 Å². The number of ether oxygens (including phenoxy) is 11. The third-order valence-corrected chi connectivity index (χ3v) is 15.4. The maximum Gasteiger partial charge on any atom is 0.397 e. The van der Waals surface area contributed by atoms with Crippen molar-refractivity contribution in [3.05, 3.63) is 0 Å². The Labute approximate surface area is 492 Å². The summed E-state index contributed by atoms with van der Waals surface area (Å²) in [5, 5.41) is 141. The Kier molecular flexibility index (Phi) is 24.4. The van der Waals surface area contributed by atoms with E-state index in [4.69, 9.17) is 62.4 Å². The van der Waals surface area contributed by atoms with E-state index in [0.29, 0.717) is 0 Å². The summed E-state index contributed by atoms with van der Waals surface area (Å²) in [4.78, 5) is 49.9. The maximum atomic E-state index is 12.9. The molecule has 6 aliphatic heterocycles. The van der Waals surface area contributed by atoms with Crippen LogP contribution in [0.5, 0.6) is 0 Å². The van der Waals surface area contributed by atoms with E-state index in [1.165, 1.54) is 0 Å². The van der Waals surface area contributed by atoms with Gasteiger partial charge in [-0.3, -0.25) is 23.0 Å². The highest BCUT2D eigenvalue weighted by atomic mass is 32.3. The summed E-state index contributed by atoms with van der Waals surface area (Å²) in [6, 6.07) is -4.61. The number of carbonyl (C=O) groups is 4. The number of carboxylic acids is 3. The summed E-state index contributed by atoms with van der Waals surface area (Å²) in [6.45, 7) is -4.47. The Morgan fingerprint density at radius 1 is 0.409 bits per heavy atom. The molecule has 0 aromatic rings. The summed E-state index contributed by atoms with van der Waals surface area (Å²) < 4.78 is 210. The van der Waals surface area contributed by atoms with Gasteiger partial charge < -0.3 is 130 Å². The second-order valence-corrected chi connectivity index (χ2v) is 23.9.